The molecule has 0 N–H and O–H groups in total. The molecule has 0 fully saturated rings. The summed E-state index contributed by atoms with van der Waals surface area (Å²) in [6, 6.07) is 11.0. The Labute approximate surface area is 111 Å². The zero-order chi connectivity index (χ0) is 12.5. The fraction of sp³-hybridized carbons (Fsp3) is 0.267. The van der Waals surface area contributed by atoms with E-state index in [1.54, 1.807) is 0 Å². The average Bonchev–Trinajstić information content (AvgIpc) is 2.87. The largest absolute Gasteiger partial charge is 0.338 e. The van der Waals surface area contributed by atoms with Gasteiger partial charge >= 0.3 is 0 Å². The van der Waals surface area contributed by atoms with E-state index >= 15 is 0 Å². The van der Waals surface area contributed by atoms with Gasteiger partial charge in [0.15, 0.2) is 6.29 Å². The molecule has 2 heterocycles. The number of aldehydes is 1. The van der Waals surface area contributed by atoms with E-state index in [1.807, 2.05) is 6.07 Å². The molecule has 1 unspecified atom stereocenters. The van der Waals surface area contributed by atoms with Crippen LogP contribution in [-0.4, -0.2) is 12.3 Å². The molecule has 0 spiro atoms. The third-order valence-corrected chi connectivity index (χ3v) is 4.37. The van der Waals surface area contributed by atoms with Crippen LogP contribution in [0.3, 0.4) is 0 Å². The van der Waals surface area contributed by atoms with Crippen LogP contribution in [0.25, 0.3) is 0 Å². The molecule has 3 heteroatoms. The number of hydrogen-bond donors (Lipinski definition) is 0. The van der Waals surface area contributed by atoms with E-state index in [0.717, 1.165) is 29.7 Å². The lowest BCUT2D eigenvalue weighted by Gasteiger charge is -2.36. The van der Waals surface area contributed by atoms with E-state index in [4.69, 9.17) is 0 Å². The number of carbonyl (C=O) groups is 1. The maximum atomic E-state index is 10.8. The number of nitrogens with zero attached hydrogens (tertiary/aromatic N) is 1. The zero-order valence-corrected chi connectivity index (χ0v) is 11.1. The highest BCUT2D eigenvalue weighted by molar-refractivity contribution is 7.12. The van der Waals surface area contributed by atoms with Crippen LogP contribution >= 0.6 is 11.3 Å². The first-order chi connectivity index (χ1) is 8.79. The molecule has 1 aromatic carbocycles. The molecule has 1 atom stereocenters. The topological polar surface area (TPSA) is 20.3 Å². The van der Waals surface area contributed by atoms with Gasteiger partial charge < -0.3 is 4.90 Å². The molecule has 18 heavy (non-hydrogen) atoms. The predicted octanol–water partition coefficient (Wildman–Crippen LogP) is 4.03. The first-order valence-electron chi connectivity index (χ1n) is 6.20. The number of hydrogen-bond acceptors (Lipinski definition) is 3. The number of thiophene rings is 1. The number of benzene rings is 1. The Morgan fingerprint density at radius 2 is 2.22 bits per heavy atom. The summed E-state index contributed by atoms with van der Waals surface area (Å²) in [5.74, 6) is 0. The van der Waals surface area contributed by atoms with Crippen molar-refractivity contribution >= 4 is 29.0 Å². The fourth-order valence-corrected chi connectivity index (χ4v) is 3.29. The molecule has 0 radical (unpaired) electrons. The minimum atomic E-state index is 0.481. The second-order valence-electron chi connectivity index (χ2n) is 4.71. The predicted molar refractivity (Wildman–Crippen MR) is 76.1 cm³/mol. The molecule has 92 valence electrons. The van der Waals surface area contributed by atoms with E-state index in [0.29, 0.717) is 6.04 Å². The Morgan fingerprint density at radius 3 is 3.00 bits per heavy atom. The molecule has 2 aromatic rings. The number of fused-ring (bicyclic) bond motifs is 1. The lowest BCUT2D eigenvalue weighted by atomic mass is 9.96. The number of para-hydroxylation sites is 1. The lowest BCUT2D eigenvalue weighted by Crippen LogP contribution is -2.32. The van der Waals surface area contributed by atoms with Crippen LogP contribution in [0.2, 0.25) is 0 Å². The summed E-state index contributed by atoms with van der Waals surface area (Å²) < 4.78 is 0. The van der Waals surface area contributed by atoms with Crippen LogP contribution in [0.4, 0.5) is 11.4 Å². The van der Waals surface area contributed by atoms with E-state index in [9.17, 15) is 4.79 Å². The molecule has 1 aliphatic rings. The van der Waals surface area contributed by atoms with Gasteiger partial charge in [0, 0.05) is 17.1 Å². The first kappa shape index (κ1) is 11.5. The van der Waals surface area contributed by atoms with Gasteiger partial charge in [-0.1, -0.05) is 18.2 Å². The van der Waals surface area contributed by atoms with Gasteiger partial charge in [-0.2, -0.15) is 0 Å². The maximum absolute atomic E-state index is 10.8. The highest BCUT2D eigenvalue weighted by Gasteiger charge is 2.24. The second kappa shape index (κ2) is 4.58. The highest BCUT2D eigenvalue weighted by atomic mass is 32.1. The molecular weight excluding hydrogens is 242 g/mol. The number of carbonyl (C=O) groups excluding carboxylic acids is 1. The van der Waals surface area contributed by atoms with Crippen molar-refractivity contribution in [2.24, 2.45) is 0 Å². The quantitative estimate of drug-likeness (QED) is 0.757. The van der Waals surface area contributed by atoms with Crippen molar-refractivity contribution in [3.05, 3.63) is 46.2 Å². The minimum absolute atomic E-state index is 0.481. The van der Waals surface area contributed by atoms with Gasteiger partial charge in [-0.25, -0.2) is 0 Å². The van der Waals surface area contributed by atoms with Crippen molar-refractivity contribution in [2.45, 2.75) is 25.8 Å². The Bertz CT molecular complexity index is 575. The Kier molecular flexibility index (Phi) is 2.92. The monoisotopic (exact) mass is 257 g/mol. The summed E-state index contributed by atoms with van der Waals surface area (Å²) in [5, 5.41) is 2.07. The lowest BCUT2D eigenvalue weighted by molar-refractivity contribution is 0.112. The zero-order valence-electron chi connectivity index (χ0n) is 10.3. The van der Waals surface area contributed by atoms with Gasteiger partial charge in [0.2, 0.25) is 0 Å². The van der Waals surface area contributed by atoms with Crippen LogP contribution in [-0.2, 0) is 6.42 Å². The summed E-state index contributed by atoms with van der Waals surface area (Å²) in [6.45, 7) is 2.24. The summed E-state index contributed by atoms with van der Waals surface area (Å²) in [7, 11) is 0. The third-order valence-electron chi connectivity index (χ3n) is 3.52. The van der Waals surface area contributed by atoms with Crippen LogP contribution < -0.4 is 4.90 Å². The molecule has 0 aliphatic carbocycles. The van der Waals surface area contributed by atoms with E-state index in [-0.39, 0.29) is 0 Å². The van der Waals surface area contributed by atoms with Crippen molar-refractivity contribution in [1.29, 1.82) is 0 Å². The number of aryl methyl sites for hydroxylation is 1. The smallest absolute Gasteiger partial charge is 0.160 e. The van der Waals surface area contributed by atoms with Crippen molar-refractivity contribution in [3.63, 3.8) is 0 Å². The molecule has 2 nitrogen and oxygen atoms in total. The van der Waals surface area contributed by atoms with E-state index in [2.05, 4.69) is 41.5 Å². The van der Waals surface area contributed by atoms with Gasteiger partial charge in [-0.3, -0.25) is 4.79 Å². The van der Waals surface area contributed by atoms with E-state index < -0.39 is 0 Å². The van der Waals surface area contributed by atoms with Crippen LogP contribution in [0.1, 0.15) is 28.6 Å². The first-order valence-corrected chi connectivity index (χ1v) is 7.08. The second-order valence-corrected chi connectivity index (χ2v) is 5.65. The minimum Gasteiger partial charge on any atom is -0.338 e. The van der Waals surface area contributed by atoms with Crippen molar-refractivity contribution in [3.8, 4) is 0 Å². The molecule has 0 saturated carbocycles. The molecule has 0 saturated heterocycles. The van der Waals surface area contributed by atoms with Gasteiger partial charge in [0.25, 0.3) is 0 Å². The summed E-state index contributed by atoms with van der Waals surface area (Å²) in [6.07, 6.45) is 3.22. The average molecular weight is 257 g/mol. The Balaban J connectivity index is 2.07. The third kappa shape index (κ3) is 1.85. The fourth-order valence-electron chi connectivity index (χ4n) is 2.61. The van der Waals surface area contributed by atoms with Crippen molar-refractivity contribution < 1.29 is 4.79 Å². The van der Waals surface area contributed by atoms with Gasteiger partial charge in [-0.05, 0) is 37.5 Å². The van der Waals surface area contributed by atoms with Gasteiger partial charge in [0.05, 0.1) is 10.6 Å². The Hall–Kier alpha value is -1.61. The maximum Gasteiger partial charge on any atom is 0.160 e. The summed E-state index contributed by atoms with van der Waals surface area (Å²) in [5.41, 5.74) is 3.82. The van der Waals surface area contributed by atoms with Gasteiger partial charge in [0.1, 0.15) is 0 Å². The van der Waals surface area contributed by atoms with Crippen molar-refractivity contribution in [2.75, 3.05) is 4.90 Å². The summed E-state index contributed by atoms with van der Waals surface area (Å²) in [4.78, 5) is 14.0. The Morgan fingerprint density at radius 1 is 1.39 bits per heavy atom. The van der Waals surface area contributed by atoms with E-state index in [1.165, 1.54) is 22.6 Å². The summed E-state index contributed by atoms with van der Waals surface area (Å²) >= 11 is 1.51. The molecule has 0 amide bonds. The number of anilines is 2. The molecule has 1 aromatic heterocycles. The molecular formula is C15H15NOS. The van der Waals surface area contributed by atoms with Crippen LogP contribution in [0.5, 0.6) is 0 Å². The standard InChI is InChI=1S/C15H15NOS/c1-11-6-7-12-4-2-3-5-15(12)16(11)13-8-14(9-17)18-10-13/h2-5,8-11H,6-7H2,1H3. The van der Waals surface area contributed by atoms with Crippen molar-refractivity contribution in [1.82, 2.24) is 0 Å². The number of rotatable bonds is 2. The van der Waals surface area contributed by atoms with Gasteiger partial charge in [-0.15, -0.1) is 11.3 Å². The molecule has 3 rings (SSSR count). The normalized spacial score (nSPS) is 18.5. The van der Waals surface area contributed by atoms with Crippen LogP contribution in [0.15, 0.2) is 35.7 Å². The molecule has 0 bridgehead atoms. The van der Waals surface area contributed by atoms with Crippen LogP contribution in [0, 0.1) is 0 Å². The SMILES string of the molecule is CC1CCc2ccccc2N1c1csc(C=O)c1. The molecule has 1 aliphatic heterocycles. The highest BCUT2D eigenvalue weighted by Crippen LogP contribution is 2.38.